The van der Waals surface area contributed by atoms with Gasteiger partial charge in [0.1, 0.15) is 12.1 Å². The van der Waals surface area contributed by atoms with Gasteiger partial charge in [-0.1, -0.05) is 68.5 Å². The molecule has 7 heteroatoms. The Morgan fingerprint density at radius 2 is 1.88 bits per heavy atom. The summed E-state index contributed by atoms with van der Waals surface area (Å²) >= 11 is 5.34. The van der Waals surface area contributed by atoms with Crippen molar-refractivity contribution in [1.29, 1.82) is 0 Å². The minimum atomic E-state index is -1.01. The van der Waals surface area contributed by atoms with Gasteiger partial charge in [-0.2, -0.15) is 0 Å². The molecule has 2 aliphatic rings. The number of nitrogens with zero attached hydrogens (tertiary/aromatic N) is 1. The molecule has 0 radical (unpaired) electrons. The second kappa shape index (κ2) is 10.1. The van der Waals surface area contributed by atoms with Crippen molar-refractivity contribution in [3.63, 3.8) is 0 Å². The number of carboxylic acid groups (broad SMARTS) is 1. The van der Waals surface area contributed by atoms with Crippen molar-refractivity contribution >= 4 is 34.9 Å². The number of carbonyl (C=O) groups excluding carboxylic acids is 2. The lowest BCUT2D eigenvalue weighted by Crippen LogP contribution is -2.56. The Balaban J connectivity index is 1.76. The van der Waals surface area contributed by atoms with Gasteiger partial charge in [0.15, 0.2) is 0 Å². The molecule has 1 saturated heterocycles. The number of amides is 2. The number of benzene rings is 2. The van der Waals surface area contributed by atoms with Crippen LogP contribution in [0.2, 0.25) is 0 Å². The van der Waals surface area contributed by atoms with Crippen LogP contribution in [0, 0.1) is 5.92 Å². The number of carboxylic acids is 1. The van der Waals surface area contributed by atoms with E-state index < -0.39 is 24.0 Å². The lowest BCUT2D eigenvalue weighted by molar-refractivity contribution is -0.156. The van der Waals surface area contributed by atoms with Gasteiger partial charge in [0, 0.05) is 6.42 Å². The normalized spacial score (nSPS) is 22.7. The maximum Gasteiger partial charge on any atom is 0.326 e. The Hall–Kier alpha value is -3.06. The first-order valence-electron chi connectivity index (χ1n) is 11.9. The van der Waals surface area contributed by atoms with E-state index in [1.54, 1.807) is 0 Å². The molecule has 2 aromatic rings. The Bertz CT molecular complexity index is 1120. The number of aliphatic carboxylic acids is 1. The fraction of sp³-hybridized carbons (Fsp3) is 0.407. The van der Waals surface area contributed by atoms with Gasteiger partial charge in [0.05, 0.1) is 10.9 Å². The molecule has 0 saturated carbocycles. The van der Waals surface area contributed by atoms with Crippen LogP contribution in [0.15, 0.2) is 48.5 Å². The predicted molar refractivity (Wildman–Crippen MR) is 134 cm³/mol. The highest BCUT2D eigenvalue weighted by atomic mass is 32.1. The third-order valence-electron chi connectivity index (χ3n) is 7.09. The minimum Gasteiger partial charge on any atom is -0.480 e. The van der Waals surface area contributed by atoms with Gasteiger partial charge >= 0.3 is 5.97 Å². The molecule has 0 aromatic heterocycles. The zero-order chi connectivity index (χ0) is 24.4. The molecule has 2 aromatic carbocycles. The van der Waals surface area contributed by atoms with Crippen molar-refractivity contribution in [2.45, 2.75) is 64.1 Å². The van der Waals surface area contributed by atoms with E-state index in [4.69, 9.17) is 12.2 Å². The smallest absolute Gasteiger partial charge is 0.326 e. The molecule has 2 amide bonds. The van der Waals surface area contributed by atoms with E-state index in [9.17, 15) is 19.5 Å². The molecule has 178 valence electrons. The number of fused-ring (bicyclic) bond motifs is 3. The van der Waals surface area contributed by atoms with Gasteiger partial charge in [-0.15, -0.1) is 0 Å². The lowest BCUT2D eigenvalue weighted by atomic mass is 9.87. The van der Waals surface area contributed by atoms with Gasteiger partial charge < -0.3 is 15.3 Å². The van der Waals surface area contributed by atoms with Crippen LogP contribution in [0.4, 0.5) is 0 Å². The Morgan fingerprint density at radius 3 is 2.56 bits per heavy atom. The summed E-state index contributed by atoms with van der Waals surface area (Å²) in [5.41, 5.74) is 3.99. The van der Waals surface area contributed by atoms with Crippen molar-refractivity contribution in [3.05, 3.63) is 59.7 Å². The van der Waals surface area contributed by atoms with E-state index in [-0.39, 0.29) is 22.7 Å². The highest BCUT2D eigenvalue weighted by Gasteiger charge is 2.44. The predicted octanol–water partition coefficient (Wildman–Crippen LogP) is 4.32. The summed E-state index contributed by atoms with van der Waals surface area (Å²) in [7, 11) is 0. The van der Waals surface area contributed by atoms with Crippen molar-refractivity contribution in [3.8, 4) is 11.1 Å². The van der Waals surface area contributed by atoms with Crippen LogP contribution in [0.3, 0.4) is 0 Å². The van der Waals surface area contributed by atoms with E-state index in [0.717, 1.165) is 35.1 Å². The summed E-state index contributed by atoms with van der Waals surface area (Å²) in [5.74, 6) is -1.87. The van der Waals surface area contributed by atoms with Crippen LogP contribution in [0.25, 0.3) is 11.1 Å². The van der Waals surface area contributed by atoms with Gasteiger partial charge in [-0.25, -0.2) is 4.79 Å². The average molecular weight is 479 g/mol. The largest absolute Gasteiger partial charge is 0.480 e. The molecule has 2 N–H and O–H groups in total. The molecule has 34 heavy (non-hydrogen) atoms. The van der Waals surface area contributed by atoms with Crippen molar-refractivity contribution in [2.24, 2.45) is 5.92 Å². The topological polar surface area (TPSA) is 86.7 Å². The number of nitrogens with one attached hydrogen (secondary N) is 1. The maximum absolute atomic E-state index is 13.7. The summed E-state index contributed by atoms with van der Waals surface area (Å²) in [6, 6.07) is 14.0. The lowest BCUT2D eigenvalue weighted by Gasteiger charge is -2.40. The first kappa shape index (κ1) is 24.1. The Morgan fingerprint density at radius 1 is 1.15 bits per heavy atom. The molecule has 2 aliphatic heterocycles. The van der Waals surface area contributed by atoms with E-state index in [1.807, 2.05) is 56.3 Å². The van der Waals surface area contributed by atoms with Gasteiger partial charge in [0.2, 0.25) is 5.91 Å². The summed E-state index contributed by atoms with van der Waals surface area (Å²) < 4.78 is 0. The van der Waals surface area contributed by atoms with E-state index in [1.165, 1.54) is 4.90 Å². The van der Waals surface area contributed by atoms with Crippen molar-refractivity contribution in [2.75, 3.05) is 0 Å². The minimum absolute atomic E-state index is 0.0777. The Labute approximate surface area is 205 Å². The van der Waals surface area contributed by atoms with Gasteiger partial charge in [0.25, 0.3) is 5.91 Å². The molecular weight excluding hydrogens is 448 g/mol. The quantitative estimate of drug-likeness (QED) is 0.604. The summed E-state index contributed by atoms with van der Waals surface area (Å²) in [5, 5.41) is 12.8. The molecular formula is C27H30N2O4S. The van der Waals surface area contributed by atoms with Crippen LogP contribution in [0.5, 0.6) is 0 Å². The summed E-state index contributed by atoms with van der Waals surface area (Å²) in [6.07, 6.45) is 2.84. The second-order valence-corrected chi connectivity index (χ2v) is 9.67. The summed E-state index contributed by atoms with van der Waals surface area (Å²) in [6.45, 7) is 3.84. The number of piperidine rings is 1. The molecule has 4 atom stereocenters. The molecule has 0 bridgehead atoms. The first-order chi connectivity index (χ1) is 16.3. The van der Waals surface area contributed by atoms with Crippen LogP contribution in [-0.2, 0) is 20.8 Å². The van der Waals surface area contributed by atoms with Crippen molar-refractivity contribution < 1.29 is 19.5 Å². The molecule has 6 nitrogen and oxygen atoms in total. The van der Waals surface area contributed by atoms with E-state index in [0.29, 0.717) is 19.3 Å². The first-order valence-corrected chi connectivity index (χ1v) is 12.3. The number of carbonyl (C=O) groups is 3. The zero-order valence-electron chi connectivity index (χ0n) is 19.5. The van der Waals surface area contributed by atoms with Crippen molar-refractivity contribution in [1.82, 2.24) is 10.2 Å². The fourth-order valence-electron chi connectivity index (χ4n) is 4.99. The van der Waals surface area contributed by atoms with E-state index in [2.05, 4.69) is 11.4 Å². The average Bonchev–Trinajstić information content (AvgIpc) is 2.97. The van der Waals surface area contributed by atoms with Gasteiger partial charge in [-0.05, 0) is 59.9 Å². The number of hydrogen-bond acceptors (Lipinski definition) is 4. The summed E-state index contributed by atoms with van der Waals surface area (Å²) in [4.78, 5) is 40.5. The maximum atomic E-state index is 13.7. The number of rotatable bonds is 6. The molecule has 0 aliphatic carbocycles. The highest BCUT2D eigenvalue weighted by molar-refractivity contribution is 7.82. The fourth-order valence-corrected chi connectivity index (χ4v) is 5.22. The number of thiocarbonyl (C=S) groups is 1. The van der Waals surface area contributed by atoms with E-state index >= 15 is 0 Å². The molecule has 2 heterocycles. The third-order valence-corrected chi connectivity index (χ3v) is 7.68. The third kappa shape index (κ3) is 4.62. The Kier molecular flexibility index (Phi) is 7.12. The standard InChI is InChI=1S/C27H30N2O4S/c1-3-16(2)24(34)25(30)28-21-15-19-13-12-18(17-8-5-4-6-9-17)14-20(19)22-10-7-11-23(27(32)33)29(22)26(21)31/h4-6,8-9,12-14,16,21-23H,3,7,10-11,15H2,1-2H3,(H,28,30)(H,32,33)/t16-,21-,22+,23-/m0/s1. The van der Waals surface area contributed by atoms with Crippen LogP contribution in [0.1, 0.15) is 56.7 Å². The SMILES string of the molecule is CC[C@H](C)C(=S)C(=O)N[C@H]1Cc2ccc(-c3ccccc3)cc2[C@H]2CCC[C@@H](C(=O)O)N2C1=O. The molecule has 0 unspecified atom stereocenters. The van der Waals surface area contributed by atoms with Gasteiger partial charge in [-0.3, -0.25) is 9.59 Å². The van der Waals surface area contributed by atoms with Crippen LogP contribution < -0.4 is 5.32 Å². The second-order valence-electron chi connectivity index (χ2n) is 9.23. The van der Waals surface area contributed by atoms with Crippen LogP contribution in [-0.4, -0.2) is 44.7 Å². The molecule has 1 fully saturated rings. The van der Waals surface area contributed by atoms with Crippen LogP contribution >= 0.6 is 12.2 Å². The molecule has 0 spiro atoms. The zero-order valence-corrected chi connectivity index (χ0v) is 20.3. The monoisotopic (exact) mass is 478 g/mol. The number of hydrogen-bond donors (Lipinski definition) is 2. The molecule has 4 rings (SSSR count). The highest BCUT2D eigenvalue weighted by Crippen LogP contribution is 2.40.